The molecule has 0 bridgehead atoms. The number of carbonyl (C=O) groups is 1. The standard InChI is InChI=1S/C16H23NO3/c1-17-15(18)14(16(19)10-4-3-5-11-16)12-6-8-13(20-2)9-7-12/h6-9,14,19H,3-5,10-11H2,1-2H3,(H,17,18). The van der Waals surface area contributed by atoms with E-state index in [-0.39, 0.29) is 5.91 Å². The molecule has 1 amide bonds. The maximum atomic E-state index is 12.3. The van der Waals surface area contributed by atoms with Gasteiger partial charge in [0.15, 0.2) is 0 Å². The first-order valence-electron chi connectivity index (χ1n) is 7.18. The van der Waals surface area contributed by atoms with E-state index in [2.05, 4.69) is 5.32 Å². The largest absolute Gasteiger partial charge is 0.497 e. The van der Waals surface area contributed by atoms with Crippen LogP contribution in [-0.2, 0) is 4.79 Å². The van der Waals surface area contributed by atoms with Gasteiger partial charge in [0.25, 0.3) is 0 Å². The molecule has 0 radical (unpaired) electrons. The van der Waals surface area contributed by atoms with Crippen molar-refractivity contribution in [1.82, 2.24) is 5.32 Å². The topological polar surface area (TPSA) is 58.6 Å². The predicted octanol–water partition coefficient (Wildman–Crippen LogP) is 2.22. The van der Waals surface area contributed by atoms with E-state index in [4.69, 9.17) is 4.74 Å². The Morgan fingerprint density at radius 3 is 2.35 bits per heavy atom. The van der Waals surface area contributed by atoms with Crippen molar-refractivity contribution in [1.29, 1.82) is 0 Å². The normalized spacial score (nSPS) is 19.1. The number of carbonyl (C=O) groups excluding carboxylic acids is 1. The molecule has 1 aliphatic carbocycles. The molecule has 0 heterocycles. The van der Waals surface area contributed by atoms with E-state index in [1.54, 1.807) is 14.2 Å². The summed E-state index contributed by atoms with van der Waals surface area (Å²) in [7, 11) is 3.23. The summed E-state index contributed by atoms with van der Waals surface area (Å²) >= 11 is 0. The first-order chi connectivity index (χ1) is 9.60. The Balaban J connectivity index is 2.33. The maximum absolute atomic E-state index is 12.3. The van der Waals surface area contributed by atoms with E-state index < -0.39 is 11.5 Å². The lowest BCUT2D eigenvalue weighted by atomic mass is 9.72. The van der Waals surface area contributed by atoms with Gasteiger partial charge >= 0.3 is 0 Å². The molecule has 2 rings (SSSR count). The summed E-state index contributed by atoms with van der Waals surface area (Å²) in [6.07, 6.45) is 4.43. The van der Waals surface area contributed by atoms with Crippen LogP contribution in [0.3, 0.4) is 0 Å². The Labute approximate surface area is 120 Å². The molecule has 1 aromatic rings. The third-order valence-corrected chi connectivity index (χ3v) is 4.21. The first-order valence-corrected chi connectivity index (χ1v) is 7.18. The van der Waals surface area contributed by atoms with Crippen LogP contribution in [0.5, 0.6) is 5.75 Å². The third-order valence-electron chi connectivity index (χ3n) is 4.21. The second kappa shape index (κ2) is 6.27. The smallest absolute Gasteiger partial charge is 0.230 e. The second-order valence-corrected chi connectivity index (χ2v) is 5.48. The van der Waals surface area contributed by atoms with Crippen molar-refractivity contribution in [2.24, 2.45) is 0 Å². The molecule has 0 saturated heterocycles. The van der Waals surface area contributed by atoms with Gasteiger partial charge < -0.3 is 15.2 Å². The Morgan fingerprint density at radius 2 is 1.85 bits per heavy atom. The van der Waals surface area contributed by atoms with Crippen LogP contribution in [0.4, 0.5) is 0 Å². The van der Waals surface area contributed by atoms with Gasteiger partial charge in [-0.15, -0.1) is 0 Å². The number of nitrogens with one attached hydrogen (secondary N) is 1. The highest BCUT2D eigenvalue weighted by molar-refractivity contribution is 5.84. The number of methoxy groups -OCH3 is 1. The number of aliphatic hydroxyl groups is 1. The minimum atomic E-state index is -0.938. The lowest BCUT2D eigenvalue weighted by molar-refractivity contribution is -0.130. The fourth-order valence-electron chi connectivity index (χ4n) is 3.10. The molecule has 1 saturated carbocycles. The van der Waals surface area contributed by atoms with Crippen LogP contribution < -0.4 is 10.1 Å². The molecule has 4 nitrogen and oxygen atoms in total. The third kappa shape index (κ3) is 2.96. The van der Waals surface area contributed by atoms with Gasteiger partial charge in [0.1, 0.15) is 5.75 Å². The number of hydrogen-bond donors (Lipinski definition) is 2. The van der Waals surface area contributed by atoms with Crippen molar-refractivity contribution in [3.8, 4) is 5.75 Å². The Morgan fingerprint density at radius 1 is 1.25 bits per heavy atom. The summed E-state index contributed by atoms with van der Waals surface area (Å²) < 4.78 is 5.14. The van der Waals surface area contributed by atoms with Crippen LogP contribution in [0.2, 0.25) is 0 Å². The number of ether oxygens (including phenoxy) is 1. The SMILES string of the molecule is CNC(=O)C(c1ccc(OC)cc1)C1(O)CCCCC1. The number of amides is 1. The molecular formula is C16H23NO3. The number of hydrogen-bond acceptors (Lipinski definition) is 3. The molecule has 1 fully saturated rings. The van der Waals surface area contributed by atoms with Crippen LogP contribution in [0.15, 0.2) is 24.3 Å². The molecule has 1 aliphatic rings. The zero-order chi connectivity index (χ0) is 14.6. The van der Waals surface area contributed by atoms with Gasteiger partial charge in [0, 0.05) is 7.05 Å². The Bertz CT molecular complexity index is 449. The first kappa shape index (κ1) is 14.9. The lowest BCUT2D eigenvalue weighted by Gasteiger charge is -2.38. The average molecular weight is 277 g/mol. The molecule has 0 aliphatic heterocycles. The monoisotopic (exact) mass is 277 g/mol. The van der Waals surface area contributed by atoms with E-state index in [1.165, 1.54) is 0 Å². The van der Waals surface area contributed by atoms with E-state index in [0.717, 1.165) is 30.6 Å². The fourth-order valence-corrected chi connectivity index (χ4v) is 3.10. The van der Waals surface area contributed by atoms with Crippen molar-refractivity contribution >= 4 is 5.91 Å². The van der Waals surface area contributed by atoms with Crippen LogP contribution in [0.1, 0.15) is 43.6 Å². The van der Waals surface area contributed by atoms with Gasteiger partial charge in [0.2, 0.25) is 5.91 Å². The number of rotatable bonds is 4. The summed E-state index contributed by atoms with van der Waals surface area (Å²) in [5.41, 5.74) is -0.0954. The van der Waals surface area contributed by atoms with Gasteiger partial charge in [-0.1, -0.05) is 31.4 Å². The molecule has 110 valence electrons. The van der Waals surface area contributed by atoms with Crippen LogP contribution in [0.25, 0.3) is 0 Å². The van der Waals surface area contributed by atoms with E-state index >= 15 is 0 Å². The second-order valence-electron chi connectivity index (χ2n) is 5.48. The van der Waals surface area contributed by atoms with E-state index in [9.17, 15) is 9.90 Å². The van der Waals surface area contributed by atoms with Crippen molar-refractivity contribution in [3.05, 3.63) is 29.8 Å². The average Bonchev–Trinajstić information content (AvgIpc) is 2.48. The molecule has 0 aromatic heterocycles. The van der Waals surface area contributed by atoms with E-state index in [1.807, 2.05) is 24.3 Å². The van der Waals surface area contributed by atoms with Crippen molar-refractivity contribution in [2.75, 3.05) is 14.2 Å². The van der Waals surface area contributed by atoms with Gasteiger partial charge in [-0.25, -0.2) is 0 Å². The lowest BCUT2D eigenvalue weighted by Crippen LogP contribution is -2.45. The highest BCUT2D eigenvalue weighted by Crippen LogP contribution is 2.40. The molecule has 4 heteroatoms. The highest BCUT2D eigenvalue weighted by atomic mass is 16.5. The minimum absolute atomic E-state index is 0.125. The van der Waals surface area contributed by atoms with Crippen molar-refractivity contribution in [3.63, 3.8) is 0 Å². The molecule has 2 N–H and O–H groups in total. The maximum Gasteiger partial charge on any atom is 0.230 e. The summed E-state index contributed by atoms with van der Waals surface area (Å²) in [4.78, 5) is 12.3. The molecule has 1 aromatic carbocycles. The quantitative estimate of drug-likeness (QED) is 0.887. The van der Waals surface area contributed by atoms with Gasteiger partial charge in [-0.3, -0.25) is 4.79 Å². The molecule has 0 spiro atoms. The molecule has 20 heavy (non-hydrogen) atoms. The summed E-state index contributed by atoms with van der Waals surface area (Å²) in [5.74, 6) is 0.110. The number of likely N-dealkylation sites (N-methyl/N-ethyl adjacent to an activating group) is 1. The predicted molar refractivity (Wildman–Crippen MR) is 77.8 cm³/mol. The summed E-state index contributed by atoms with van der Waals surface area (Å²) in [6, 6.07) is 7.39. The molecule has 1 atom stereocenters. The highest BCUT2D eigenvalue weighted by Gasteiger charge is 2.42. The van der Waals surface area contributed by atoms with Gasteiger partial charge in [-0.2, -0.15) is 0 Å². The Kier molecular flexibility index (Phi) is 4.65. The zero-order valence-corrected chi connectivity index (χ0v) is 12.2. The van der Waals surface area contributed by atoms with Crippen LogP contribution in [-0.4, -0.2) is 30.8 Å². The number of benzene rings is 1. The van der Waals surface area contributed by atoms with Gasteiger partial charge in [0.05, 0.1) is 18.6 Å². The molecular weight excluding hydrogens is 254 g/mol. The summed E-state index contributed by atoms with van der Waals surface area (Å²) in [6.45, 7) is 0. The fraction of sp³-hybridized carbons (Fsp3) is 0.562. The Hall–Kier alpha value is -1.55. The van der Waals surface area contributed by atoms with Crippen molar-refractivity contribution < 1.29 is 14.6 Å². The molecule has 1 unspecified atom stereocenters. The van der Waals surface area contributed by atoms with Crippen LogP contribution >= 0.6 is 0 Å². The zero-order valence-electron chi connectivity index (χ0n) is 12.2. The summed E-state index contributed by atoms with van der Waals surface area (Å²) in [5, 5.41) is 13.6. The van der Waals surface area contributed by atoms with Gasteiger partial charge in [-0.05, 0) is 30.5 Å². The van der Waals surface area contributed by atoms with Crippen molar-refractivity contribution in [2.45, 2.75) is 43.6 Å². The van der Waals surface area contributed by atoms with E-state index in [0.29, 0.717) is 12.8 Å². The minimum Gasteiger partial charge on any atom is -0.497 e. The van der Waals surface area contributed by atoms with Crippen LogP contribution in [0, 0.1) is 0 Å².